The number of para-hydroxylation sites is 1. The number of likely N-dealkylation sites (tertiary alicyclic amines) is 1. The molecule has 1 aliphatic heterocycles. The lowest BCUT2D eigenvalue weighted by Crippen LogP contribution is -3.10. The van der Waals surface area contributed by atoms with Gasteiger partial charge in [0.25, 0.3) is 0 Å². The number of rotatable bonds is 4. The first-order chi connectivity index (χ1) is 7.36. The molecule has 0 saturated carbocycles. The molecule has 0 atom stereocenters. The number of benzene rings is 1. The zero-order valence-electron chi connectivity index (χ0n) is 9.46. The highest BCUT2D eigenvalue weighted by atomic mass is 16.5. The Hall–Kier alpha value is -1.02. The summed E-state index contributed by atoms with van der Waals surface area (Å²) >= 11 is 0. The summed E-state index contributed by atoms with van der Waals surface area (Å²) in [6.45, 7) is 6.75. The van der Waals surface area contributed by atoms with Crippen LogP contribution in [0.1, 0.15) is 18.4 Å². The molecule has 1 aliphatic rings. The molecule has 2 heteroatoms. The van der Waals surface area contributed by atoms with Gasteiger partial charge in [0.15, 0.2) is 0 Å². The first-order valence-corrected chi connectivity index (χ1v) is 5.88. The van der Waals surface area contributed by atoms with Gasteiger partial charge in [-0.05, 0) is 18.6 Å². The molecule has 1 aromatic rings. The Labute approximate surface area is 91.9 Å². The van der Waals surface area contributed by atoms with Crippen LogP contribution in [0, 0.1) is 6.92 Å². The van der Waals surface area contributed by atoms with Gasteiger partial charge in [-0.2, -0.15) is 0 Å². The molecule has 0 aliphatic carbocycles. The minimum Gasteiger partial charge on any atom is -0.487 e. The van der Waals surface area contributed by atoms with Gasteiger partial charge in [0.2, 0.25) is 0 Å². The smallest absolute Gasteiger partial charge is 0.137 e. The monoisotopic (exact) mass is 206 g/mol. The molecule has 1 aromatic carbocycles. The maximum Gasteiger partial charge on any atom is 0.137 e. The molecule has 1 saturated heterocycles. The van der Waals surface area contributed by atoms with E-state index in [0.717, 1.165) is 18.9 Å². The van der Waals surface area contributed by atoms with Gasteiger partial charge >= 0.3 is 0 Å². The number of aryl methyl sites for hydroxylation is 1. The van der Waals surface area contributed by atoms with Gasteiger partial charge in [0.05, 0.1) is 13.1 Å². The lowest BCUT2D eigenvalue weighted by molar-refractivity contribution is -0.887. The van der Waals surface area contributed by atoms with E-state index < -0.39 is 0 Å². The van der Waals surface area contributed by atoms with Crippen LogP contribution in [0.15, 0.2) is 24.3 Å². The van der Waals surface area contributed by atoms with E-state index in [1.165, 1.54) is 31.5 Å². The van der Waals surface area contributed by atoms with Gasteiger partial charge in [-0.1, -0.05) is 18.2 Å². The molecule has 0 unspecified atom stereocenters. The van der Waals surface area contributed by atoms with Gasteiger partial charge in [-0.25, -0.2) is 0 Å². The first-order valence-electron chi connectivity index (χ1n) is 5.88. The summed E-state index contributed by atoms with van der Waals surface area (Å²) in [5, 5.41) is 0. The van der Waals surface area contributed by atoms with E-state index in [-0.39, 0.29) is 0 Å². The molecule has 1 heterocycles. The number of nitrogens with one attached hydrogen (secondary N) is 1. The largest absolute Gasteiger partial charge is 0.487 e. The van der Waals surface area contributed by atoms with E-state index in [0.29, 0.717) is 0 Å². The molecule has 0 bridgehead atoms. The van der Waals surface area contributed by atoms with E-state index in [4.69, 9.17) is 4.74 Å². The Morgan fingerprint density at radius 1 is 1.20 bits per heavy atom. The van der Waals surface area contributed by atoms with Gasteiger partial charge in [0.1, 0.15) is 18.9 Å². The SMILES string of the molecule is Cc1ccccc1OCC[NH+]1CCCC1. The fourth-order valence-corrected chi connectivity index (χ4v) is 2.15. The molecule has 15 heavy (non-hydrogen) atoms. The summed E-state index contributed by atoms with van der Waals surface area (Å²) in [6.07, 6.45) is 2.78. The lowest BCUT2D eigenvalue weighted by Gasteiger charge is -2.13. The molecule has 0 radical (unpaired) electrons. The van der Waals surface area contributed by atoms with Crippen LogP contribution in [-0.4, -0.2) is 26.2 Å². The molecule has 2 rings (SSSR count). The summed E-state index contributed by atoms with van der Waals surface area (Å²) in [7, 11) is 0. The van der Waals surface area contributed by atoms with Crippen molar-refractivity contribution < 1.29 is 9.64 Å². The van der Waals surface area contributed by atoms with Crippen molar-refractivity contribution in [3.63, 3.8) is 0 Å². The normalized spacial score (nSPS) is 16.9. The summed E-state index contributed by atoms with van der Waals surface area (Å²) < 4.78 is 5.78. The minimum atomic E-state index is 0.847. The van der Waals surface area contributed by atoms with E-state index in [1.807, 2.05) is 12.1 Å². The fourth-order valence-electron chi connectivity index (χ4n) is 2.15. The molecule has 82 valence electrons. The maximum absolute atomic E-state index is 5.78. The van der Waals surface area contributed by atoms with Crippen molar-refractivity contribution in [2.45, 2.75) is 19.8 Å². The third-order valence-electron chi connectivity index (χ3n) is 3.12. The zero-order chi connectivity index (χ0) is 10.5. The van der Waals surface area contributed by atoms with E-state index in [1.54, 1.807) is 4.90 Å². The van der Waals surface area contributed by atoms with Crippen molar-refractivity contribution in [2.24, 2.45) is 0 Å². The molecule has 1 N–H and O–H groups in total. The van der Waals surface area contributed by atoms with Gasteiger partial charge in [0, 0.05) is 12.8 Å². The molecular formula is C13H20NO+. The third-order valence-corrected chi connectivity index (χ3v) is 3.12. The van der Waals surface area contributed by atoms with Gasteiger partial charge in [-0.15, -0.1) is 0 Å². The molecule has 2 nitrogen and oxygen atoms in total. The average Bonchev–Trinajstić information content (AvgIpc) is 2.74. The van der Waals surface area contributed by atoms with Crippen LogP contribution in [0.2, 0.25) is 0 Å². The Morgan fingerprint density at radius 2 is 1.93 bits per heavy atom. The van der Waals surface area contributed by atoms with E-state index in [9.17, 15) is 0 Å². The van der Waals surface area contributed by atoms with Crippen LogP contribution in [0.5, 0.6) is 5.75 Å². The Balaban J connectivity index is 1.75. The molecule has 0 spiro atoms. The zero-order valence-corrected chi connectivity index (χ0v) is 9.46. The number of hydrogen-bond acceptors (Lipinski definition) is 1. The van der Waals surface area contributed by atoms with Crippen LogP contribution >= 0.6 is 0 Å². The van der Waals surface area contributed by atoms with Crippen molar-refractivity contribution in [1.29, 1.82) is 0 Å². The topological polar surface area (TPSA) is 13.7 Å². The summed E-state index contributed by atoms with van der Waals surface area (Å²) in [6, 6.07) is 8.23. The van der Waals surface area contributed by atoms with Crippen LogP contribution in [0.3, 0.4) is 0 Å². The fraction of sp³-hybridized carbons (Fsp3) is 0.538. The van der Waals surface area contributed by atoms with Crippen molar-refractivity contribution in [2.75, 3.05) is 26.2 Å². The van der Waals surface area contributed by atoms with Crippen LogP contribution in [-0.2, 0) is 0 Å². The summed E-state index contributed by atoms with van der Waals surface area (Å²) in [5.74, 6) is 1.04. The average molecular weight is 206 g/mol. The third kappa shape index (κ3) is 2.96. The second kappa shape index (κ2) is 5.17. The Morgan fingerprint density at radius 3 is 2.67 bits per heavy atom. The first kappa shape index (κ1) is 10.5. The van der Waals surface area contributed by atoms with Crippen molar-refractivity contribution in [3.05, 3.63) is 29.8 Å². The van der Waals surface area contributed by atoms with E-state index >= 15 is 0 Å². The van der Waals surface area contributed by atoms with Crippen molar-refractivity contribution in [3.8, 4) is 5.75 Å². The van der Waals surface area contributed by atoms with Gasteiger partial charge in [-0.3, -0.25) is 0 Å². The second-order valence-corrected chi connectivity index (χ2v) is 4.32. The predicted molar refractivity (Wildman–Crippen MR) is 61.5 cm³/mol. The van der Waals surface area contributed by atoms with Crippen molar-refractivity contribution >= 4 is 0 Å². The number of ether oxygens (including phenoxy) is 1. The molecule has 0 amide bonds. The van der Waals surface area contributed by atoms with Crippen LogP contribution in [0.4, 0.5) is 0 Å². The summed E-state index contributed by atoms with van der Waals surface area (Å²) in [5.41, 5.74) is 1.23. The second-order valence-electron chi connectivity index (χ2n) is 4.32. The van der Waals surface area contributed by atoms with Crippen LogP contribution in [0.25, 0.3) is 0 Å². The van der Waals surface area contributed by atoms with E-state index in [2.05, 4.69) is 19.1 Å². The summed E-state index contributed by atoms with van der Waals surface area (Å²) in [4.78, 5) is 1.70. The molecule has 0 aromatic heterocycles. The number of quaternary nitrogens is 1. The highest BCUT2D eigenvalue weighted by Gasteiger charge is 2.14. The highest BCUT2D eigenvalue weighted by molar-refractivity contribution is 5.31. The Kier molecular flexibility index (Phi) is 3.62. The molecular weight excluding hydrogens is 186 g/mol. The quantitative estimate of drug-likeness (QED) is 0.777. The predicted octanol–water partition coefficient (Wildman–Crippen LogP) is 1.05. The Bertz CT molecular complexity index is 305. The molecule has 1 fully saturated rings. The highest BCUT2D eigenvalue weighted by Crippen LogP contribution is 2.15. The van der Waals surface area contributed by atoms with Crippen molar-refractivity contribution in [1.82, 2.24) is 0 Å². The number of hydrogen-bond donors (Lipinski definition) is 1. The maximum atomic E-state index is 5.78. The lowest BCUT2D eigenvalue weighted by atomic mass is 10.2. The minimum absolute atomic E-state index is 0.847. The standard InChI is InChI=1S/C13H19NO/c1-12-6-2-3-7-13(12)15-11-10-14-8-4-5-9-14/h2-3,6-7H,4-5,8-11H2,1H3/p+1. The van der Waals surface area contributed by atoms with Gasteiger partial charge < -0.3 is 9.64 Å². The van der Waals surface area contributed by atoms with Crippen LogP contribution < -0.4 is 9.64 Å².